The summed E-state index contributed by atoms with van der Waals surface area (Å²) in [6.07, 6.45) is 4.82. The van der Waals surface area contributed by atoms with Gasteiger partial charge in [0.05, 0.1) is 19.3 Å². The maximum Gasteiger partial charge on any atom is 0.191 e. The highest BCUT2D eigenvalue weighted by molar-refractivity contribution is 5.79. The summed E-state index contributed by atoms with van der Waals surface area (Å²) in [6.45, 7) is 1.52. The van der Waals surface area contributed by atoms with Gasteiger partial charge < -0.3 is 20.3 Å². The van der Waals surface area contributed by atoms with E-state index < -0.39 is 0 Å². The van der Waals surface area contributed by atoms with Crippen molar-refractivity contribution in [3.63, 3.8) is 0 Å². The monoisotopic (exact) mass is 358 g/mol. The summed E-state index contributed by atoms with van der Waals surface area (Å²) in [5.74, 6) is 1.71. The number of aliphatic imine (C=N–C) groups is 1. The Morgan fingerprint density at radius 1 is 1.31 bits per heavy atom. The van der Waals surface area contributed by atoms with Crippen LogP contribution in [0.2, 0.25) is 0 Å². The molecule has 0 aliphatic heterocycles. The molecule has 1 aromatic carbocycles. The Balaban J connectivity index is 1.86. The number of guanidine groups is 1. The van der Waals surface area contributed by atoms with Crippen LogP contribution in [-0.2, 0) is 13.5 Å². The number of aromatic nitrogens is 2. The van der Waals surface area contributed by atoms with Crippen molar-refractivity contribution >= 4 is 5.96 Å². The summed E-state index contributed by atoms with van der Waals surface area (Å²) < 4.78 is 7.22. The van der Waals surface area contributed by atoms with Gasteiger partial charge in [-0.25, -0.2) is 0 Å². The van der Waals surface area contributed by atoms with Gasteiger partial charge in [0.15, 0.2) is 5.96 Å². The molecule has 2 aromatic rings. The van der Waals surface area contributed by atoms with Gasteiger partial charge in [0.2, 0.25) is 0 Å². The molecular formula is C19H30N6O. The molecule has 7 heteroatoms. The van der Waals surface area contributed by atoms with Gasteiger partial charge in [-0.15, -0.1) is 0 Å². The van der Waals surface area contributed by atoms with Crippen molar-refractivity contribution in [2.75, 3.05) is 41.3 Å². The molecule has 0 bridgehead atoms. The van der Waals surface area contributed by atoms with Crippen LogP contribution >= 0.6 is 0 Å². The third-order valence-electron chi connectivity index (χ3n) is 4.30. The number of likely N-dealkylation sites (N-methyl/N-ethyl adjacent to an activating group) is 1. The highest BCUT2D eigenvalue weighted by Gasteiger charge is 2.16. The zero-order chi connectivity index (χ0) is 18.9. The highest BCUT2D eigenvalue weighted by atomic mass is 16.5. The molecular weight excluding hydrogens is 328 g/mol. The largest absolute Gasteiger partial charge is 0.496 e. The molecule has 142 valence electrons. The molecule has 1 aromatic heterocycles. The third kappa shape index (κ3) is 5.49. The zero-order valence-electron chi connectivity index (χ0n) is 16.4. The van der Waals surface area contributed by atoms with Crippen molar-refractivity contribution in [2.24, 2.45) is 12.0 Å². The topological polar surface area (TPSA) is 66.7 Å². The van der Waals surface area contributed by atoms with Gasteiger partial charge in [-0.1, -0.05) is 18.2 Å². The van der Waals surface area contributed by atoms with Gasteiger partial charge in [0.25, 0.3) is 0 Å². The molecule has 0 spiro atoms. The Bertz CT molecular complexity index is 710. The molecule has 1 atom stereocenters. The molecule has 1 heterocycles. The first-order valence-corrected chi connectivity index (χ1v) is 8.76. The van der Waals surface area contributed by atoms with Crippen LogP contribution in [0.1, 0.15) is 17.2 Å². The second-order valence-corrected chi connectivity index (χ2v) is 6.37. The van der Waals surface area contributed by atoms with Gasteiger partial charge in [0.1, 0.15) is 5.75 Å². The maximum absolute atomic E-state index is 5.40. The van der Waals surface area contributed by atoms with E-state index >= 15 is 0 Å². The van der Waals surface area contributed by atoms with E-state index in [1.807, 2.05) is 42.3 Å². The minimum atomic E-state index is 0.219. The molecule has 2 rings (SSSR count). The summed E-state index contributed by atoms with van der Waals surface area (Å²) >= 11 is 0. The van der Waals surface area contributed by atoms with E-state index in [-0.39, 0.29) is 6.04 Å². The molecule has 7 nitrogen and oxygen atoms in total. The van der Waals surface area contributed by atoms with E-state index in [2.05, 4.69) is 45.8 Å². The van der Waals surface area contributed by atoms with E-state index in [9.17, 15) is 0 Å². The fourth-order valence-corrected chi connectivity index (χ4v) is 2.85. The van der Waals surface area contributed by atoms with Crippen molar-refractivity contribution in [1.29, 1.82) is 0 Å². The average molecular weight is 358 g/mol. The van der Waals surface area contributed by atoms with Crippen molar-refractivity contribution in [3.05, 3.63) is 47.8 Å². The Morgan fingerprint density at radius 3 is 2.69 bits per heavy atom. The van der Waals surface area contributed by atoms with Gasteiger partial charge in [-0.2, -0.15) is 5.10 Å². The Hall–Kier alpha value is -2.54. The summed E-state index contributed by atoms with van der Waals surface area (Å²) in [7, 11) is 9.55. The van der Waals surface area contributed by atoms with Crippen LogP contribution in [0.3, 0.4) is 0 Å². The molecule has 0 saturated heterocycles. The van der Waals surface area contributed by atoms with Crippen molar-refractivity contribution in [2.45, 2.75) is 12.5 Å². The predicted molar refractivity (Wildman–Crippen MR) is 106 cm³/mol. The average Bonchev–Trinajstić information content (AvgIpc) is 3.06. The Morgan fingerprint density at radius 2 is 2.08 bits per heavy atom. The standard InChI is InChI=1S/C19H30N6O/c1-20-19(21-11-10-15-8-6-7-9-18(15)26-5)22-13-17(24(2)3)16-12-23-25(4)14-16/h6-9,12,14,17H,10-11,13H2,1-5H3,(H2,20,21,22). The number of nitrogens with one attached hydrogen (secondary N) is 2. The fourth-order valence-electron chi connectivity index (χ4n) is 2.85. The minimum absolute atomic E-state index is 0.219. The first kappa shape index (κ1) is 19.8. The molecule has 0 aliphatic carbocycles. The van der Waals surface area contributed by atoms with Crippen LogP contribution in [0.25, 0.3) is 0 Å². The van der Waals surface area contributed by atoms with Crippen LogP contribution in [0, 0.1) is 0 Å². The number of aryl methyl sites for hydroxylation is 1. The molecule has 0 saturated carbocycles. The fraction of sp³-hybridized carbons (Fsp3) is 0.474. The van der Waals surface area contributed by atoms with Gasteiger partial charge in [-0.05, 0) is 32.1 Å². The normalized spacial score (nSPS) is 12.9. The zero-order valence-corrected chi connectivity index (χ0v) is 16.4. The highest BCUT2D eigenvalue weighted by Crippen LogP contribution is 2.17. The molecule has 0 fully saturated rings. The first-order chi connectivity index (χ1) is 12.5. The number of nitrogens with zero attached hydrogens (tertiary/aromatic N) is 4. The summed E-state index contributed by atoms with van der Waals surface area (Å²) in [4.78, 5) is 6.49. The number of hydrogen-bond donors (Lipinski definition) is 2. The SMILES string of the molecule is CN=C(NCCc1ccccc1OC)NCC(c1cnn(C)c1)N(C)C. The van der Waals surface area contributed by atoms with E-state index in [0.717, 1.165) is 31.2 Å². The minimum Gasteiger partial charge on any atom is -0.496 e. The van der Waals surface area contributed by atoms with E-state index in [1.54, 1.807) is 14.2 Å². The lowest BCUT2D eigenvalue weighted by Gasteiger charge is -2.24. The Labute approximate surface area is 156 Å². The van der Waals surface area contributed by atoms with Crippen LogP contribution in [0.15, 0.2) is 41.7 Å². The molecule has 0 radical (unpaired) electrons. The summed E-state index contributed by atoms with van der Waals surface area (Å²) in [5, 5.41) is 11.0. The Kier molecular flexibility index (Phi) is 7.47. The third-order valence-corrected chi connectivity index (χ3v) is 4.30. The van der Waals surface area contributed by atoms with Crippen molar-refractivity contribution < 1.29 is 4.74 Å². The molecule has 2 N–H and O–H groups in total. The second-order valence-electron chi connectivity index (χ2n) is 6.37. The number of para-hydroxylation sites is 1. The lowest BCUT2D eigenvalue weighted by molar-refractivity contribution is 0.298. The molecule has 26 heavy (non-hydrogen) atoms. The van der Waals surface area contributed by atoms with Crippen molar-refractivity contribution in [1.82, 2.24) is 25.3 Å². The lowest BCUT2D eigenvalue weighted by atomic mass is 10.1. The number of ether oxygens (including phenoxy) is 1. The van der Waals surface area contributed by atoms with E-state index in [4.69, 9.17) is 4.74 Å². The number of rotatable bonds is 8. The van der Waals surface area contributed by atoms with Gasteiger partial charge >= 0.3 is 0 Å². The van der Waals surface area contributed by atoms with Gasteiger partial charge in [-0.3, -0.25) is 9.67 Å². The van der Waals surface area contributed by atoms with E-state index in [1.165, 1.54) is 11.1 Å². The summed E-state index contributed by atoms with van der Waals surface area (Å²) in [5.41, 5.74) is 2.36. The van der Waals surface area contributed by atoms with Gasteiger partial charge in [0, 0.05) is 38.9 Å². The quantitative estimate of drug-likeness (QED) is 0.552. The maximum atomic E-state index is 5.40. The van der Waals surface area contributed by atoms with Crippen LogP contribution < -0.4 is 15.4 Å². The van der Waals surface area contributed by atoms with Crippen molar-refractivity contribution in [3.8, 4) is 5.75 Å². The molecule has 1 unspecified atom stereocenters. The van der Waals surface area contributed by atoms with Crippen LogP contribution in [0.5, 0.6) is 5.75 Å². The molecule has 0 amide bonds. The first-order valence-electron chi connectivity index (χ1n) is 8.76. The smallest absolute Gasteiger partial charge is 0.191 e. The predicted octanol–water partition coefficient (Wildman–Crippen LogP) is 1.44. The number of hydrogen-bond acceptors (Lipinski definition) is 4. The number of methoxy groups -OCH3 is 1. The molecule has 0 aliphatic rings. The second kappa shape index (κ2) is 9.82. The number of benzene rings is 1. The summed E-state index contributed by atoms with van der Waals surface area (Å²) in [6, 6.07) is 8.30. The lowest BCUT2D eigenvalue weighted by Crippen LogP contribution is -2.42. The van der Waals surface area contributed by atoms with E-state index in [0.29, 0.717) is 0 Å². The van der Waals surface area contributed by atoms with Crippen LogP contribution in [0.4, 0.5) is 0 Å². The van der Waals surface area contributed by atoms with Crippen LogP contribution in [-0.4, -0.2) is 62.0 Å².